The molecule has 0 spiro atoms. The van der Waals surface area contributed by atoms with Crippen LogP contribution in [0, 0.1) is 19.7 Å². The van der Waals surface area contributed by atoms with Gasteiger partial charge in [-0.3, -0.25) is 0 Å². The average molecular weight is 269 g/mol. The van der Waals surface area contributed by atoms with Gasteiger partial charge in [-0.1, -0.05) is 17.7 Å². The molecule has 3 nitrogen and oxygen atoms in total. The zero-order chi connectivity index (χ0) is 14.3. The molecule has 20 heavy (non-hydrogen) atoms. The van der Waals surface area contributed by atoms with E-state index in [4.69, 9.17) is 0 Å². The number of aryl methyl sites for hydroxylation is 3. The quantitative estimate of drug-likeness (QED) is 0.760. The summed E-state index contributed by atoms with van der Waals surface area (Å²) in [5.74, 6) is -0.317. The van der Waals surface area contributed by atoms with Crippen LogP contribution >= 0.6 is 0 Å². The van der Waals surface area contributed by atoms with Crippen molar-refractivity contribution in [1.29, 1.82) is 0 Å². The summed E-state index contributed by atoms with van der Waals surface area (Å²) in [6.45, 7) is 4.05. The summed E-state index contributed by atoms with van der Waals surface area (Å²) < 4.78 is 16.2. The molecule has 0 unspecified atom stereocenters. The standard InChI is InChI=1S/C16H16FN3/c1-10-4-5-12(11(2)8-10)19-13-6-7-14-16(15(13)17)18-9-20(14)3/h4-9,19H,1-3H3. The molecule has 0 aliphatic rings. The largest absolute Gasteiger partial charge is 0.353 e. The Labute approximate surface area is 117 Å². The minimum Gasteiger partial charge on any atom is -0.353 e. The van der Waals surface area contributed by atoms with E-state index in [0.29, 0.717) is 11.2 Å². The molecule has 3 rings (SSSR count). The van der Waals surface area contributed by atoms with E-state index in [1.165, 1.54) is 5.56 Å². The lowest BCUT2D eigenvalue weighted by atomic mass is 10.1. The molecule has 1 N–H and O–H groups in total. The highest BCUT2D eigenvalue weighted by Gasteiger charge is 2.11. The number of halogens is 1. The number of anilines is 2. The van der Waals surface area contributed by atoms with Gasteiger partial charge in [0.1, 0.15) is 5.52 Å². The molecule has 0 bridgehead atoms. The van der Waals surface area contributed by atoms with Gasteiger partial charge in [-0.15, -0.1) is 0 Å². The number of rotatable bonds is 2. The highest BCUT2D eigenvalue weighted by Crippen LogP contribution is 2.27. The monoisotopic (exact) mass is 269 g/mol. The number of nitrogens with one attached hydrogen (secondary N) is 1. The third kappa shape index (κ3) is 2.03. The van der Waals surface area contributed by atoms with Crippen LogP contribution in [0.1, 0.15) is 11.1 Å². The molecule has 0 saturated heterocycles. The van der Waals surface area contributed by atoms with Gasteiger partial charge in [0, 0.05) is 12.7 Å². The lowest BCUT2D eigenvalue weighted by Crippen LogP contribution is -1.97. The molecule has 0 atom stereocenters. The third-order valence-electron chi connectivity index (χ3n) is 3.49. The molecule has 0 amide bonds. The van der Waals surface area contributed by atoms with Gasteiger partial charge in [0.25, 0.3) is 0 Å². The number of aromatic nitrogens is 2. The van der Waals surface area contributed by atoms with E-state index in [1.54, 1.807) is 17.0 Å². The zero-order valence-electron chi connectivity index (χ0n) is 11.7. The molecular weight excluding hydrogens is 253 g/mol. The van der Waals surface area contributed by atoms with E-state index in [-0.39, 0.29) is 5.82 Å². The lowest BCUT2D eigenvalue weighted by molar-refractivity contribution is 0.641. The Hall–Kier alpha value is -2.36. The van der Waals surface area contributed by atoms with Gasteiger partial charge in [0.15, 0.2) is 5.82 Å². The Morgan fingerprint density at radius 2 is 1.85 bits per heavy atom. The zero-order valence-corrected chi connectivity index (χ0v) is 11.7. The van der Waals surface area contributed by atoms with E-state index in [0.717, 1.165) is 16.8 Å². The van der Waals surface area contributed by atoms with Crippen molar-refractivity contribution >= 4 is 22.4 Å². The molecule has 0 aliphatic heterocycles. The maximum Gasteiger partial charge on any atom is 0.174 e. The highest BCUT2D eigenvalue weighted by molar-refractivity contribution is 5.82. The Morgan fingerprint density at radius 1 is 1.10 bits per heavy atom. The van der Waals surface area contributed by atoms with E-state index in [9.17, 15) is 4.39 Å². The number of benzene rings is 2. The van der Waals surface area contributed by atoms with Crippen LogP contribution in [0.15, 0.2) is 36.7 Å². The van der Waals surface area contributed by atoms with Gasteiger partial charge in [0.05, 0.1) is 17.5 Å². The summed E-state index contributed by atoms with van der Waals surface area (Å²) in [7, 11) is 1.85. The van der Waals surface area contributed by atoms with Gasteiger partial charge in [0.2, 0.25) is 0 Å². The molecule has 102 valence electrons. The van der Waals surface area contributed by atoms with Crippen molar-refractivity contribution in [2.75, 3.05) is 5.32 Å². The summed E-state index contributed by atoms with van der Waals surface area (Å²) in [6.07, 6.45) is 1.62. The van der Waals surface area contributed by atoms with Gasteiger partial charge < -0.3 is 9.88 Å². The second kappa shape index (κ2) is 4.63. The van der Waals surface area contributed by atoms with Crippen LogP contribution in [0.2, 0.25) is 0 Å². The summed E-state index contributed by atoms with van der Waals surface area (Å²) in [5.41, 5.74) is 4.81. The van der Waals surface area contributed by atoms with Gasteiger partial charge in [-0.05, 0) is 37.6 Å². The fourth-order valence-corrected chi connectivity index (χ4v) is 2.36. The minimum absolute atomic E-state index is 0.317. The SMILES string of the molecule is Cc1ccc(Nc2ccc3c(ncn3C)c2F)c(C)c1. The molecule has 0 radical (unpaired) electrons. The van der Waals surface area contributed by atoms with Crippen LogP contribution in [0.3, 0.4) is 0 Å². The van der Waals surface area contributed by atoms with Gasteiger partial charge >= 0.3 is 0 Å². The van der Waals surface area contributed by atoms with Crippen LogP contribution in [-0.2, 0) is 7.05 Å². The van der Waals surface area contributed by atoms with Crippen LogP contribution in [0.4, 0.5) is 15.8 Å². The second-order valence-electron chi connectivity index (χ2n) is 5.09. The summed E-state index contributed by atoms with van der Waals surface area (Å²) in [5, 5.41) is 3.14. The van der Waals surface area contributed by atoms with Crippen molar-refractivity contribution in [3.63, 3.8) is 0 Å². The average Bonchev–Trinajstić information content (AvgIpc) is 2.78. The molecule has 1 aromatic heterocycles. The Kier molecular flexibility index (Phi) is 2.93. The molecule has 0 aliphatic carbocycles. The van der Waals surface area contributed by atoms with E-state index in [2.05, 4.69) is 16.4 Å². The van der Waals surface area contributed by atoms with Crippen LogP contribution in [0.5, 0.6) is 0 Å². The van der Waals surface area contributed by atoms with E-state index >= 15 is 0 Å². The summed E-state index contributed by atoms with van der Waals surface area (Å²) in [6, 6.07) is 9.66. The van der Waals surface area contributed by atoms with Crippen molar-refractivity contribution in [3.8, 4) is 0 Å². The number of hydrogen-bond acceptors (Lipinski definition) is 2. The number of hydrogen-bond donors (Lipinski definition) is 1. The number of imidazole rings is 1. The van der Waals surface area contributed by atoms with E-state index in [1.807, 2.05) is 39.1 Å². The Bertz CT molecular complexity index is 790. The minimum atomic E-state index is -0.317. The molecule has 1 heterocycles. The smallest absolute Gasteiger partial charge is 0.174 e. The first-order valence-electron chi connectivity index (χ1n) is 6.50. The third-order valence-corrected chi connectivity index (χ3v) is 3.49. The second-order valence-corrected chi connectivity index (χ2v) is 5.09. The fraction of sp³-hybridized carbons (Fsp3) is 0.188. The first-order chi connectivity index (χ1) is 9.56. The first kappa shape index (κ1) is 12.7. The molecule has 4 heteroatoms. The predicted molar refractivity (Wildman–Crippen MR) is 79.9 cm³/mol. The Balaban J connectivity index is 2.04. The molecule has 2 aromatic carbocycles. The first-order valence-corrected chi connectivity index (χ1v) is 6.50. The number of nitrogens with zero attached hydrogens (tertiary/aromatic N) is 2. The summed E-state index contributed by atoms with van der Waals surface area (Å²) >= 11 is 0. The van der Waals surface area contributed by atoms with Crippen molar-refractivity contribution in [3.05, 3.63) is 53.6 Å². The van der Waals surface area contributed by atoms with Gasteiger partial charge in [-0.2, -0.15) is 0 Å². The van der Waals surface area contributed by atoms with Crippen molar-refractivity contribution in [2.45, 2.75) is 13.8 Å². The van der Waals surface area contributed by atoms with Crippen LogP contribution in [-0.4, -0.2) is 9.55 Å². The van der Waals surface area contributed by atoms with Crippen LogP contribution < -0.4 is 5.32 Å². The molecule has 0 fully saturated rings. The highest BCUT2D eigenvalue weighted by atomic mass is 19.1. The fourth-order valence-electron chi connectivity index (χ4n) is 2.36. The van der Waals surface area contributed by atoms with E-state index < -0.39 is 0 Å². The van der Waals surface area contributed by atoms with Crippen molar-refractivity contribution in [2.24, 2.45) is 7.05 Å². The maximum atomic E-state index is 14.4. The normalized spacial score (nSPS) is 11.0. The van der Waals surface area contributed by atoms with Crippen molar-refractivity contribution < 1.29 is 4.39 Å². The number of fused-ring (bicyclic) bond motifs is 1. The topological polar surface area (TPSA) is 29.9 Å². The Morgan fingerprint density at radius 3 is 2.60 bits per heavy atom. The lowest BCUT2D eigenvalue weighted by Gasteiger charge is -2.11. The molecular formula is C16H16FN3. The van der Waals surface area contributed by atoms with Crippen LogP contribution in [0.25, 0.3) is 11.0 Å². The van der Waals surface area contributed by atoms with Crippen molar-refractivity contribution in [1.82, 2.24) is 9.55 Å². The van der Waals surface area contributed by atoms with Gasteiger partial charge in [-0.25, -0.2) is 9.37 Å². The molecule has 3 aromatic rings. The molecule has 0 saturated carbocycles. The maximum absolute atomic E-state index is 14.4. The predicted octanol–water partition coefficient (Wildman–Crippen LogP) is 4.07. The summed E-state index contributed by atoms with van der Waals surface area (Å²) in [4.78, 5) is 4.10.